The minimum Gasteiger partial charge on any atom is -0.493 e. The van der Waals surface area contributed by atoms with Gasteiger partial charge in [0.15, 0.2) is 0 Å². The number of nitrogens with zero attached hydrogens (tertiary/aromatic N) is 3. The van der Waals surface area contributed by atoms with Crippen molar-refractivity contribution in [1.29, 1.82) is 0 Å². The normalized spacial score (nSPS) is 11.1. The van der Waals surface area contributed by atoms with Gasteiger partial charge in [0.1, 0.15) is 5.75 Å². The number of fused-ring (bicyclic) bond motifs is 1. The summed E-state index contributed by atoms with van der Waals surface area (Å²) in [6, 6.07) is 10.3. The summed E-state index contributed by atoms with van der Waals surface area (Å²) in [6.07, 6.45) is 4.05. The van der Waals surface area contributed by atoms with Crippen LogP contribution in [0.25, 0.3) is 10.9 Å². The number of aryl methyl sites for hydroxylation is 1. The van der Waals surface area contributed by atoms with Crippen molar-refractivity contribution in [2.75, 3.05) is 6.61 Å². The highest BCUT2D eigenvalue weighted by atomic mass is 16.5. The van der Waals surface area contributed by atoms with Crippen LogP contribution in [-0.2, 0) is 13.6 Å². The molecule has 3 rings (SSSR count). The predicted octanol–water partition coefficient (Wildman–Crippen LogP) is 2.82. The fourth-order valence-corrected chi connectivity index (χ4v) is 2.34. The van der Waals surface area contributed by atoms with Gasteiger partial charge in [0.25, 0.3) is 0 Å². The lowest BCUT2D eigenvalue weighted by molar-refractivity contribution is 0.344. The van der Waals surface area contributed by atoms with Gasteiger partial charge >= 0.3 is 0 Å². The Hall–Kier alpha value is -2.23. The molecule has 0 radical (unpaired) electrons. The maximum Gasteiger partial charge on any atom is 0.128 e. The van der Waals surface area contributed by atoms with Crippen LogP contribution in [0.15, 0.2) is 42.7 Å². The predicted molar refractivity (Wildman–Crippen MR) is 75.4 cm³/mol. The van der Waals surface area contributed by atoms with Gasteiger partial charge in [-0.2, -0.15) is 5.10 Å². The Morgan fingerprint density at radius 3 is 2.79 bits per heavy atom. The zero-order valence-corrected chi connectivity index (χ0v) is 11.2. The average Bonchev–Trinajstić information content (AvgIpc) is 2.99. The minimum atomic E-state index is 0.685. The van der Waals surface area contributed by atoms with E-state index in [1.54, 1.807) is 0 Å². The maximum absolute atomic E-state index is 5.65. The second-order valence-electron chi connectivity index (χ2n) is 4.55. The molecule has 1 aromatic carbocycles. The summed E-state index contributed by atoms with van der Waals surface area (Å²) in [5, 5.41) is 5.57. The van der Waals surface area contributed by atoms with E-state index in [0.29, 0.717) is 6.61 Å². The number of aromatic nitrogens is 3. The second-order valence-corrected chi connectivity index (χ2v) is 4.55. The molecule has 0 aliphatic carbocycles. The molecular weight excluding hydrogens is 238 g/mol. The van der Waals surface area contributed by atoms with Gasteiger partial charge in [0, 0.05) is 24.8 Å². The van der Waals surface area contributed by atoms with Crippen LogP contribution >= 0.6 is 0 Å². The van der Waals surface area contributed by atoms with E-state index in [0.717, 1.165) is 23.4 Å². The molecule has 19 heavy (non-hydrogen) atoms. The van der Waals surface area contributed by atoms with Crippen LogP contribution in [0, 0.1) is 0 Å². The van der Waals surface area contributed by atoms with Crippen LogP contribution in [0.3, 0.4) is 0 Å². The fraction of sp³-hybridized carbons (Fsp3) is 0.267. The molecule has 0 atom stereocenters. The van der Waals surface area contributed by atoms with Gasteiger partial charge < -0.3 is 9.30 Å². The molecule has 0 amide bonds. The van der Waals surface area contributed by atoms with Gasteiger partial charge in [-0.15, -0.1) is 0 Å². The summed E-state index contributed by atoms with van der Waals surface area (Å²) in [7, 11) is 1.93. The van der Waals surface area contributed by atoms with Crippen LogP contribution in [0.1, 0.15) is 12.6 Å². The van der Waals surface area contributed by atoms with Crippen molar-refractivity contribution >= 4 is 10.9 Å². The average molecular weight is 255 g/mol. The molecule has 4 nitrogen and oxygen atoms in total. The molecule has 3 aromatic rings. The molecule has 0 aliphatic rings. The molecule has 0 bridgehead atoms. The van der Waals surface area contributed by atoms with Crippen molar-refractivity contribution < 1.29 is 4.74 Å². The zero-order valence-electron chi connectivity index (χ0n) is 11.2. The van der Waals surface area contributed by atoms with Gasteiger partial charge in [0.05, 0.1) is 24.4 Å². The van der Waals surface area contributed by atoms with Crippen LogP contribution < -0.4 is 4.74 Å². The molecule has 4 heteroatoms. The van der Waals surface area contributed by atoms with Gasteiger partial charge in [-0.3, -0.25) is 4.68 Å². The first-order valence-corrected chi connectivity index (χ1v) is 6.47. The van der Waals surface area contributed by atoms with Crippen molar-refractivity contribution in [3.8, 4) is 5.75 Å². The van der Waals surface area contributed by atoms with Gasteiger partial charge in [-0.25, -0.2) is 0 Å². The largest absolute Gasteiger partial charge is 0.493 e. The number of hydrogen-bond donors (Lipinski definition) is 0. The zero-order chi connectivity index (χ0) is 13.2. The standard InChI is InChI=1S/C15H17N3O/c1-3-19-15-6-4-5-14-13(15)8-10-18(14)11-12-7-9-17(2)16-12/h4-10H,3,11H2,1-2H3. The quantitative estimate of drug-likeness (QED) is 0.718. The Kier molecular flexibility index (Phi) is 2.99. The van der Waals surface area contributed by atoms with E-state index in [2.05, 4.69) is 28.0 Å². The number of rotatable bonds is 4. The molecular formula is C15H17N3O. The van der Waals surface area contributed by atoms with E-state index in [9.17, 15) is 0 Å². The molecule has 0 aliphatic heterocycles. The molecule has 98 valence electrons. The SMILES string of the molecule is CCOc1cccc2c1ccn2Cc1ccn(C)n1. The van der Waals surface area contributed by atoms with E-state index >= 15 is 0 Å². The van der Waals surface area contributed by atoms with E-state index < -0.39 is 0 Å². The van der Waals surface area contributed by atoms with Gasteiger partial charge in [-0.05, 0) is 31.2 Å². The highest BCUT2D eigenvalue weighted by molar-refractivity contribution is 5.86. The lowest BCUT2D eigenvalue weighted by atomic mass is 10.2. The summed E-state index contributed by atoms with van der Waals surface area (Å²) in [6.45, 7) is 3.47. The van der Waals surface area contributed by atoms with Crippen molar-refractivity contribution in [2.24, 2.45) is 7.05 Å². The van der Waals surface area contributed by atoms with E-state index in [1.165, 1.54) is 5.52 Å². The molecule has 0 N–H and O–H groups in total. The van der Waals surface area contributed by atoms with Crippen LogP contribution in [-0.4, -0.2) is 21.0 Å². The Balaban J connectivity index is 1.98. The topological polar surface area (TPSA) is 32.0 Å². The summed E-state index contributed by atoms with van der Waals surface area (Å²) in [5.74, 6) is 0.944. The molecule has 0 unspecified atom stereocenters. The second kappa shape index (κ2) is 4.80. The number of benzene rings is 1. The first-order valence-electron chi connectivity index (χ1n) is 6.47. The van der Waals surface area contributed by atoms with E-state index in [1.807, 2.05) is 43.0 Å². The first-order chi connectivity index (χ1) is 9.28. The van der Waals surface area contributed by atoms with Gasteiger partial charge in [-0.1, -0.05) is 6.07 Å². The Morgan fingerprint density at radius 2 is 2.05 bits per heavy atom. The fourth-order valence-electron chi connectivity index (χ4n) is 2.34. The molecule has 0 saturated heterocycles. The summed E-state index contributed by atoms with van der Waals surface area (Å²) >= 11 is 0. The van der Waals surface area contributed by atoms with Crippen molar-refractivity contribution in [3.05, 3.63) is 48.4 Å². The van der Waals surface area contributed by atoms with Crippen molar-refractivity contribution in [1.82, 2.24) is 14.3 Å². The Labute approximate surface area is 112 Å². The third-order valence-electron chi connectivity index (χ3n) is 3.17. The Bertz CT molecular complexity index is 696. The van der Waals surface area contributed by atoms with Crippen molar-refractivity contribution in [2.45, 2.75) is 13.5 Å². The molecule has 0 fully saturated rings. The van der Waals surface area contributed by atoms with Crippen LogP contribution in [0.4, 0.5) is 0 Å². The smallest absolute Gasteiger partial charge is 0.128 e. The third-order valence-corrected chi connectivity index (χ3v) is 3.17. The number of ether oxygens (including phenoxy) is 1. The lowest BCUT2D eigenvalue weighted by Crippen LogP contribution is -2.00. The summed E-state index contributed by atoms with van der Waals surface area (Å²) in [5.41, 5.74) is 2.23. The molecule has 2 aromatic heterocycles. The maximum atomic E-state index is 5.65. The molecule has 0 spiro atoms. The minimum absolute atomic E-state index is 0.685. The molecule has 0 saturated carbocycles. The highest BCUT2D eigenvalue weighted by Gasteiger charge is 2.07. The summed E-state index contributed by atoms with van der Waals surface area (Å²) in [4.78, 5) is 0. The van der Waals surface area contributed by atoms with Crippen LogP contribution in [0.2, 0.25) is 0 Å². The monoisotopic (exact) mass is 255 g/mol. The molecule has 2 heterocycles. The van der Waals surface area contributed by atoms with E-state index in [4.69, 9.17) is 4.74 Å². The number of hydrogen-bond acceptors (Lipinski definition) is 2. The highest BCUT2D eigenvalue weighted by Crippen LogP contribution is 2.26. The Morgan fingerprint density at radius 1 is 1.16 bits per heavy atom. The van der Waals surface area contributed by atoms with E-state index in [-0.39, 0.29) is 0 Å². The van der Waals surface area contributed by atoms with Crippen molar-refractivity contribution in [3.63, 3.8) is 0 Å². The van der Waals surface area contributed by atoms with Gasteiger partial charge in [0.2, 0.25) is 0 Å². The summed E-state index contributed by atoms with van der Waals surface area (Å²) < 4.78 is 9.67. The van der Waals surface area contributed by atoms with Crippen LogP contribution in [0.5, 0.6) is 5.75 Å². The lowest BCUT2D eigenvalue weighted by Gasteiger charge is -2.06. The first kappa shape index (κ1) is 11.8. The third kappa shape index (κ3) is 2.21.